The Morgan fingerprint density at radius 1 is 0.566 bits per heavy atom. The molecule has 270 valence electrons. The third kappa shape index (κ3) is 7.35. The van der Waals surface area contributed by atoms with Gasteiger partial charge in [0.25, 0.3) is 12.9 Å². The Morgan fingerprint density at radius 2 is 1.08 bits per heavy atom. The maximum absolute atomic E-state index is 14.4. The lowest BCUT2D eigenvalue weighted by Gasteiger charge is -2.11. The molecule has 0 N–H and O–H groups in total. The first-order valence-electron chi connectivity index (χ1n) is 15.6. The van der Waals surface area contributed by atoms with Crippen LogP contribution >= 0.6 is 23.2 Å². The molecule has 0 fully saturated rings. The highest BCUT2D eigenvalue weighted by atomic mass is 35.5. The first-order valence-corrected chi connectivity index (χ1v) is 16.4. The monoisotopic (exact) mass is 770 g/mol. The SMILES string of the molecule is Fc1cc(F)c(-c2ncn(CC(F)F)c2-c2ccc3nccn3c2)cc1Cl.Fc1ccc(Cl)cc1-c1ncn(CC(F)F)c1-c1ccc2nccn2c1. The zero-order valence-corrected chi connectivity index (χ0v) is 28.4. The van der Waals surface area contributed by atoms with Gasteiger partial charge in [-0.25, -0.2) is 50.7 Å². The van der Waals surface area contributed by atoms with Gasteiger partial charge in [0.15, 0.2) is 0 Å². The Hall–Kier alpha value is -5.67. The van der Waals surface area contributed by atoms with E-state index in [1.807, 2.05) is 0 Å². The molecule has 0 aliphatic heterocycles. The van der Waals surface area contributed by atoms with Crippen molar-refractivity contribution in [2.75, 3.05) is 0 Å². The van der Waals surface area contributed by atoms with Gasteiger partial charge in [0.2, 0.25) is 0 Å². The number of alkyl halides is 4. The van der Waals surface area contributed by atoms with Crippen LogP contribution in [0.25, 0.3) is 56.3 Å². The van der Waals surface area contributed by atoms with E-state index in [0.29, 0.717) is 39.2 Å². The molecule has 17 heteroatoms. The summed E-state index contributed by atoms with van der Waals surface area (Å²) in [6, 6.07) is 12.7. The Kier molecular flexibility index (Phi) is 9.94. The largest absolute Gasteiger partial charge is 0.324 e. The van der Waals surface area contributed by atoms with Crippen LogP contribution in [0.1, 0.15) is 0 Å². The van der Waals surface area contributed by atoms with Gasteiger partial charge in [-0.15, -0.1) is 0 Å². The van der Waals surface area contributed by atoms with E-state index in [1.54, 1.807) is 70.2 Å². The summed E-state index contributed by atoms with van der Waals surface area (Å²) in [6.07, 6.45) is 7.36. The van der Waals surface area contributed by atoms with Crippen LogP contribution < -0.4 is 0 Å². The third-order valence-electron chi connectivity index (χ3n) is 8.12. The number of pyridine rings is 2. The van der Waals surface area contributed by atoms with E-state index in [1.165, 1.54) is 40.0 Å². The van der Waals surface area contributed by atoms with Crippen LogP contribution in [0.15, 0.2) is 104 Å². The summed E-state index contributed by atoms with van der Waals surface area (Å²) in [4.78, 5) is 16.6. The van der Waals surface area contributed by atoms with Crippen molar-refractivity contribution in [3.05, 3.63) is 132 Å². The highest BCUT2D eigenvalue weighted by molar-refractivity contribution is 6.31. The maximum atomic E-state index is 14.4. The lowest BCUT2D eigenvalue weighted by Crippen LogP contribution is -2.07. The number of aromatic nitrogens is 8. The average Bonchev–Trinajstić information content (AvgIpc) is 3.93. The van der Waals surface area contributed by atoms with E-state index in [4.69, 9.17) is 23.2 Å². The highest BCUT2D eigenvalue weighted by Gasteiger charge is 2.23. The van der Waals surface area contributed by atoms with Crippen LogP contribution in [0.2, 0.25) is 10.0 Å². The predicted octanol–water partition coefficient (Wildman–Crippen LogP) is 9.98. The normalized spacial score (nSPS) is 11.6. The lowest BCUT2D eigenvalue weighted by molar-refractivity contribution is 0.126. The Morgan fingerprint density at radius 3 is 1.58 bits per heavy atom. The number of hydrogen-bond donors (Lipinski definition) is 0. The second kappa shape index (κ2) is 14.8. The molecule has 0 atom stereocenters. The minimum absolute atomic E-state index is 0.0739. The van der Waals surface area contributed by atoms with Gasteiger partial charge in [0.1, 0.15) is 28.7 Å². The molecule has 0 radical (unpaired) electrons. The molecular weight excluding hydrogens is 748 g/mol. The summed E-state index contributed by atoms with van der Waals surface area (Å²) >= 11 is 11.8. The predicted molar refractivity (Wildman–Crippen MR) is 186 cm³/mol. The highest BCUT2D eigenvalue weighted by Crippen LogP contribution is 2.36. The molecule has 0 amide bonds. The van der Waals surface area contributed by atoms with Crippen LogP contribution in [0.4, 0.5) is 30.7 Å². The molecule has 8 nitrogen and oxygen atoms in total. The molecule has 2 aromatic carbocycles. The van der Waals surface area contributed by atoms with Crippen LogP contribution in [0.5, 0.6) is 0 Å². The molecule has 8 aromatic rings. The van der Waals surface area contributed by atoms with Crippen molar-refractivity contribution < 1.29 is 30.7 Å². The molecule has 0 saturated carbocycles. The van der Waals surface area contributed by atoms with E-state index >= 15 is 0 Å². The number of fused-ring (bicyclic) bond motifs is 2. The summed E-state index contributed by atoms with van der Waals surface area (Å²) < 4.78 is 100. The van der Waals surface area contributed by atoms with Gasteiger partial charge in [-0.05, 0) is 48.5 Å². The number of nitrogens with zero attached hydrogens (tertiary/aromatic N) is 8. The molecule has 0 spiro atoms. The van der Waals surface area contributed by atoms with Crippen molar-refractivity contribution >= 4 is 34.5 Å². The molecule has 6 aromatic heterocycles. The van der Waals surface area contributed by atoms with Gasteiger partial charge in [0.05, 0.1) is 53.5 Å². The number of hydrogen-bond acceptors (Lipinski definition) is 4. The minimum Gasteiger partial charge on any atom is -0.324 e. The van der Waals surface area contributed by atoms with Crippen molar-refractivity contribution in [1.82, 2.24) is 37.9 Å². The summed E-state index contributed by atoms with van der Waals surface area (Å²) in [7, 11) is 0. The number of benzene rings is 2. The maximum Gasteiger partial charge on any atom is 0.256 e. The molecular formula is C36H23Cl2F7N8. The van der Waals surface area contributed by atoms with Gasteiger partial charge in [-0.1, -0.05) is 23.2 Å². The summed E-state index contributed by atoms with van der Waals surface area (Å²) in [6.45, 7) is -1.17. The van der Waals surface area contributed by atoms with Crippen LogP contribution in [-0.2, 0) is 13.1 Å². The summed E-state index contributed by atoms with van der Waals surface area (Å²) in [5.41, 5.74) is 3.60. The van der Waals surface area contributed by atoms with Gasteiger partial charge in [-0.2, -0.15) is 0 Å². The zero-order valence-electron chi connectivity index (χ0n) is 26.9. The number of imidazole rings is 4. The summed E-state index contributed by atoms with van der Waals surface area (Å²) in [5.74, 6) is -2.32. The molecule has 6 heterocycles. The van der Waals surface area contributed by atoms with Crippen LogP contribution in [0.3, 0.4) is 0 Å². The van der Waals surface area contributed by atoms with Crippen LogP contribution in [0, 0.1) is 17.5 Å². The second-order valence-corrected chi connectivity index (χ2v) is 12.4. The van der Waals surface area contributed by atoms with E-state index in [0.717, 1.165) is 6.07 Å². The quantitative estimate of drug-likeness (QED) is 0.114. The fourth-order valence-electron chi connectivity index (χ4n) is 5.84. The van der Waals surface area contributed by atoms with Crippen molar-refractivity contribution in [2.45, 2.75) is 25.9 Å². The van der Waals surface area contributed by atoms with Crippen molar-refractivity contribution in [3.63, 3.8) is 0 Å². The number of rotatable bonds is 8. The van der Waals surface area contributed by atoms with Gasteiger partial charge >= 0.3 is 0 Å². The Bertz CT molecular complexity index is 2580. The third-order valence-corrected chi connectivity index (χ3v) is 8.64. The Labute approximate surface area is 305 Å². The van der Waals surface area contributed by atoms with E-state index in [9.17, 15) is 30.7 Å². The molecule has 0 saturated heterocycles. The zero-order chi connectivity index (χ0) is 37.4. The lowest BCUT2D eigenvalue weighted by atomic mass is 10.1. The summed E-state index contributed by atoms with van der Waals surface area (Å²) in [5, 5.41) is 0.0478. The molecule has 8 rings (SSSR count). The molecule has 0 aliphatic rings. The second-order valence-electron chi connectivity index (χ2n) is 11.6. The van der Waals surface area contributed by atoms with Crippen molar-refractivity contribution in [1.29, 1.82) is 0 Å². The topological polar surface area (TPSA) is 70.2 Å². The van der Waals surface area contributed by atoms with E-state index < -0.39 is 43.4 Å². The van der Waals surface area contributed by atoms with Gasteiger partial charge in [-0.3, -0.25) is 0 Å². The standard InChI is InChI=1S/C18H11ClF4N4.C18H12ClF3N4/c19-12-5-11(13(20)6-14(12)21)17-18(27(9-25-17)8-15(22)23)10-1-2-16-24-3-4-26(16)7-10;19-12-2-3-14(20)13(7-12)17-18(26(10-24-17)9-15(21)22)11-1-4-16-23-5-6-25(16)8-11/h1-7,9,15H,8H2;1-8,10,15H,9H2. The van der Waals surface area contributed by atoms with E-state index in [2.05, 4.69) is 19.9 Å². The van der Waals surface area contributed by atoms with Crippen molar-refractivity contribution in [2.24, 2.45) is 0 Å². The molecule has 0 bridgehead atoms. The first-order chi connectivity index (χ1) is 25.5. The first kappa shape index (κ1) is 35.7. The average molecular weight is 772 g/mol. The van der Waals surface area contributed by atoms with Crippen LogP contribution in [-0.4, -0.2) is 50.7 Å². The fraction of sp³-hybridized carbons (Fsp3) is 0.111. The van der Waals surface area contributed by atoms with Gasteiger partial charge in [0, 0.05) is 70.5 Å². The number of halogens is 9. The molecule has 0 aliphatic carbocycles. The Balaban J connectivity index is 0.000000164. The van der Waals surface area contributed by atoms with E-state index in [-0.39, 0.29) is 33.2 Å². The van der Waals surface area contributed by atoms with Crippen molar-refractivity contribution in [3.8, 4) is 45.0 Å². The van der Waals surface area contributed by atoms with Gasteiger partial charge < -0.3 is 17.9 Å². The minimum atomic E-state index is -2.63. The smallest absolute Gasteiger partial charge is 0.256 e. The molecule has 0 unspecified atom stereocenters. The fourth-order valence-corrected chi connectivity index (χ4v) is 6.18. The molecule has 53 heavy (non-hydrogen) atoms.